The van der Waals surface area contributed by atoms with E-state index < -0.39 is 0 Å². The molecule has 0 atom stereocenters. The fourth-order valence-corrected chi connectivity index (χ4v) is 3.24. The van der Waals surface area contributed by atoms with Crippen LogP contribution in [0.4, 0.5) is 0 Å². The van der Waals surface area contributed by atoms with Crippen molar-refractivity contribution in [1.82, 2.24) is 5.43 Å². The Labute approximate surface area is 143 Å². The maximum absolute atomic E-state index is 11.9. The van der Waals surface area contributed by atoms with Gasteiger partial charge in [0.25, 0.3) is 0 Å². The molecule has 1 N–H and O–H groups in total. The Morgan fingerprint density at radius 3 is 2.58 bits per heavy atom. The quantitative estimate of drug-likeness (QED) is 0.420. The van der Waals surface area contributed by atoms with Crippen LogP contribution in [-0.4, -0.2) is 17.9 Å². The van der Waals surface area contributed by atoms with E-state index in [2.05, 4.69) is 10.5 Å². The minimum absolute atomic E-state index is 0.0430. The van der Waals surface area contributed by atoms with E-state index in [9.17, 15) is 9.59 Å². The average molecular weight is 336 g/mol. The molecule has 0 spiro atoms. The summed E-state index contributed by atoms with van der Waals surface area (Å²) in [5.41, 5.74) is 4.07. The Bertz CT molecular complexity index is 885. The minimum Gasteiger partial charge on any atom is -0.294 e. The number of nitrogens with zero attached hydrogens (tertiary/aromatic N) is 1. The number of ketones is 1. The van der Waals surface area contributed by atoms with Gasteiger partial charge in [-0.3, -0.25) is 9.59 Å². The maximum Gasteiger partial charge on any atom is 0.240 e. The highest BCUT2D eigenvalue weighted by Crippen LogP contribution is 2.24. The number of rotatable bonds is 6. The summed E-state index contributed by atoms with van der Waals surface area (Å²) in [5.74, 6) is -0.311. The van der Waals surface area contributed by atoms with E-state index in [4.69, 9.17) is 0 Å². The number of benzene rings is 2. The third-order valence-corrected chi connectivity index (χ3v) is 4.56. The van der Waals surface area contributed by atoms with E-state index in [0.29, 0.717) is 5.56 Å². The van der Waals surface area contributed by atoms with Crippen molar-refractivity contribution in [2.45, 2.75) is 12.8 Å². The monoisotopic (exact) mass is 336 g/mol. The van der Waals surface area contributed by atoms with Crippen molar-refractivity contribution in [3.8, 4) is 0 Å². The van der Waals surface area contributed by atoms with Crippen LogP contribution in [-0.2, 0) is 4.79 Å². The van der Waals surface area contributed by atoms with Crippen LogP contribution >= 0.6 is 11.3 Å². The molecule has 0 bridgehead atoms. The van der Waals surface area contributed by atoms with Crippen LogP contribution in [0.3, 0.4) is 0 Å². The fraction of sp³-hybridized carbons (Fsp3) is 0.105. The van der Waals surface area contributed by atoms with Crippen molar-refractivity contribution in [1.29, 1.82) is 0 Å². The van der Waals surface area contributed by atoms with E-state index in [-0.39, 0.29) is 24.5 Å². The third kappa shape index (κ3) is 3.94. The molecule has 5 heteroatoms. The van der Waals surface area contributed by atoms with Gasteiger partial charge in [0.15, 0.2) is 5.78 Å². The van der Waals surface area contributed by atoms with Gasteiger partial charge in [0.2, 0.25) is 5.91 Å². The molecule has 0 radical (unpaired) electrons. The van der Waals surface area contributed by atoms with E-state index in [1.54, 1.807) is 29.7 Å². The molecular formula is C19H16N2O2S. The molecule has 0 aliphatic carbocycles. The molecule has 0 aliphatic rings. The first kappa shape index (κ1) is 16.1. The number of nitrogens with one attached hydrogen (secondary N) is 1. The Morgan fingerprint density at radius 1 is 1.00 bits per heavy atom. The van der Waals surface area contributed by atoms with Crippen LogP contribution < -0.4 is 5.43 Å². The number of fused-ring (bicyclic) bond motifs is 1. The van der Waals surface area contributed by atoms with Crippen molar-refractivity contribution in [3.63, 3.8) is 0 Å². The van der Waals surface area contributed by atoms with E-state index in [1.165, 1.54) is 4.70 Å². The van der Waals surface area contributed by atoms with Gasteiger partial charge in [0.05, 0.1) is 6.21 Å². The first-order valence-electron chi connectivity index (χ1n) is 7.60. The molecule has 0 unspecified atom stereocenters. The zero-order valence-electron chi connectivity index (χ0n) is 12.9. The first-order valence-corrected chi connectivity index (χ1v) is 8.48. The van der Waals surface area contributed by atoms with Gasteiger partial charge in [0.1, 0.15) is 0 Å². The summed E-state index contributed by atoms with van der Waals surface area (Å²) in [7, 11) is 0. The average Bonchev–Trinajstić information content (AvgIpc) is 3.04. The standard InChI is InChI=1S/C19H16N2O2S/c22-17(14-6-2-1-3-7-14)10-11-19(23)21-20-12-15-13-24-18-9-5-4-8-16(15)18/h1-9,12-13H,10-11H2,(H,21,23)/b20-12+. The summed E-state index contributed by atoms with van der Waals surface area (Å²) < 4.78 is 1.18. The lowest BCUT2D eigenvalue weighted by Gasteiger charge is -2.00. The molecule has 120 valence electrons. The second kappa shape index (κ2) is 7.66. The van der Waals surface area contributed by atoms with Crippen molar-refractivity contribution < 1.29 is 9.59 Å². The molecule has 3 rings (SSSR count). The summed E-state index contributed by atoms with van der Waals surface area (Å²) in [6.45, 7) is 0. The Morgan fingerprint density at radius 2 is 1.75 bits per heavy atom. The normalized spacial score (nSPS) is 11.0. The first-order chi connectivity index (χ1) is 11.7. The molecule has 1 aromatic heterocycles. The topological polar surface area (TPSA) is 58.5 Å². The predicted molar refractivity (Wildman–Crippen MR) is 97.6 cm³/mol. The van der Waals surface area contributed by atoms with Gasteiger partial charge in [-0.25, -0.2) is 5.43 Å². The van der Waals surface area contributed by atoms with Crippen molar-refractivity contribution in [2.24, 2.45) is 5.10 Å². The molecule has 3 aromatic rings. The summed E-state index contributed by atoms with van der Waals surface area (Å²) in [4.78, 5) is 23.7. The molecule has 2 aromatic carbocycles. The number of amides is 1. The van der Waals surface area contributed by atoms with Crippen LogP contribution in [0.2, 0.25) is 0 Å². The van der Waals surface area contributed by atoms with Gasteiger partial charge in [-0.15, -0.1) is 11.3 Å². The number of hydrazone groups is 1. The molecule has 4 nitrogen and oxygen atoms in total. The molecular weight excluding hydrogens is 320 g/mol. The van der Waals surface area contributed by atoms with Crippen molar-refractivity contribution in [3.05, 3.63) is 71.1 Å². The van der Waals surface area contributed by atoms with Gasteiger partial charge in [-0.05, 0) is 6.07 Å². The van der Waals surface area contributed by atoms with Gasteiger partial charge in [-0.2, -0.15) is 5.10 Å². The lowest BCUT2D eigenvalue weighted by Crippen LogP contribution is -2.18. The van der Waals surface area contributed by atoms with Gasteiger partial charge >= 0.3 is 0 Å². The lowest BCUT2D eigenvalue weighted by atomic mass is 10.1. The Kier molecular flexibility index (Phi) is 5.13. The number of Topliss-reactive ketones (excluding diaryl/α,β-unsaturated/α-hetero) is 1. The van der Waals surface area contributed by atoms with Crippen LogP contribution in [0, 0.1) is 0 Å². The lowest BCUT2D eigenvalue weighted by molar-refractivity contribution is -0.121. The van der Waals surface area contributed by atoms with Crippen LogP contribution in [0.1, 0.15) is 28.8 Å². The highest BCUT2D eigenvalue weighted by atomic mass is 32.1. The van der Waals surface area contributed by atoms with Crippen LogP contribution in [0.5, 0.6) is 0 Å². The second-order valence-corrected chi connectivity index (χ2v) is 6.18. The predicted octanol–water partition coefficient (Wildman–Crippen LogP) is 4.01. The zero-order chi connectivity index (χ0) is 16.8. The number of carbonyl (C=O) groups excluding carboxylic acids is 2. The second-order valence-electron chi connectivity index (χ2n) is 5.27. The molecule has 1 heterocycles. The smallest absolute Gasteiger partial charge is 0.240 e. The SMILES string of the molecule is O=C(CCC(=O)c1ccccc1)N/N=C/c1csc2ccccc12. The maximum atomic E-state index is 11.9. The number of hydrogen-bond acceptors (Lipinski definition) is 4. The van der Waals surface area contributed by atoms with Gasteiger partial charge in [-0.1, -0.05) is 48.5 Å². The molecule has 0 aliphatic heterocycles. The van der Waals surface area contributed by atoms with E-state index >= 15 is 0 Å². The molecule has 1 amide bonds. The number of carbonyl (C=O) groups is 2. The molecule has 0 saturated heterocycles. The Hall–Kier alpha value is -2.79. The largest absolute Gasteiger partial charge is 0.294 e. The van der Waals surface area contributed by atoms with E-state index in [1.807, 2.05) is 47.8 Å². The van der Waals surface area contributed by atoms with Gasteiger partial charge < -0.3 is 0 Å². The van der Waals surface area contributed by atoms with Crippen LogP contribution in [0.15, 0.2) is 65.1 Å². The summed E-state index contributed by atoms with van der Waals surface area (Å²) in [6.07, 6.45) is 1.93. The Balaban J connectivity index is 1.51. The summed E-state index contributed by atoms with van der Waals surface area (Å²) >= 11 is 1.64. The highest BCUT2D eigenvalue weighted by Gasteiger charge is 2.08. The van der Waals surface area contributed by atoms with Gasteiger partial charge in [0, 0.05) is 39.4 Å². The van der Waals surface area contributed by atoms with E-state index in [0.717, 1.165) is 10.9 Å². The summed E-state index contributed by atoms with van der Waals surface area (Å²) in [5, 5.41) is 7.10. The number of hydrogen-bond donors (Lipinski definition) is 1. The molecule has 0 fully saturated rings. The highest BCUT2D eigenvalue weighted by molar-refractivity contribution is 7.17. The summed E-state index contributed by atoms with van der Waals surface area (Å²) in [6, 6.07) is 17.0. The fourth-order valence-electron chi connectivity index (χ4n) is 2.32. The molecule has 0 saturated carbocycles. The molecule has 24 heavy (non-hydrogen) atoms. The van der Waals surface area contributed by atoms with Crippen molar-refractivity contribution in [2.75, 3.05) is 0 Å². The minimum atomic E-state index is -0.268. The van der Waals surface area contributed by atoms with Crippen molar-refractivity contribution >= 4 is 39.3 Å². The van der Waals surface area contributed by atoms with Crippen LogP contribution in [0.25, 0.3) is 10.1 Å². The third-order valence-electron chi connectivity index (χ3n) is 3.58. The number of thiophene rings is 1. The zero-order valence-corrected chi connectivity index (χ0v) is 13.8.